The van der Waals surface area contributed by atoms with Gasteiger partial charge in [0.1, 0.15) is 5.75 Å². The van der Waals surface area contributed by atoms with Crippen molar-refractivity contribution in [2.75, 3.05) is 0 Å². The minimum atomic E-state index is -0.981. The van der Waals surface area contributed by atoms with Crippen LogP contribution in [0.2, 0.25) is 0 Å². The molecule has 0 amide bonds. The number of carbonyl (C=O) groups is 1. The maximum atomic E-state index is 9.50. The van der Waals surface area contributed by atoms with Crippen LogP contribution in [0, 0.1) is 6.92 Å². The Morgan fingerprint density at radius 3 is 1.66 bits per heavy atom. The molecule has 0 bridgehead atoms. The van der Waals surface area contributed by atoms with Gasteiger partial charge in [-0.3, -0.25) is 0 Å². The summed E-state index contributed by atoms with van der Waals surface area (Å²) in [4.78, 5) is 9.25. The lowest BCUT2D eigenvalue weighted by atomic mass is 10.2. The predicted octanol–water partition coefficient (Wildman–Crippen LogP) is 6.79. The molecule has 0 saturated heterocycles. The summed E-state index contributed by atoms with van der Waals surface area (Å²) in [5, 5.41) is 33.8. The quantitative estimate of drug-likeness (QED) is 0.371. The Hall–Kier alpha value is -4.13. The van der Waals surface area contributed by atoms with Crippen molar-refractivity contribution >= 4 is 28.7 Å². The molecule has 0 aliphatic rings. The molecule has 0 aliphatic carbocycles. The molecule has 7 heteroatoms. The van der Waals surface area contributed by atoms with E-state index >= 15 is 0 Å². The highest BCUT2D eigenvalue weighted by Gasteiger charge is 1.97. The van der Waals surface area contributed by atoms with Crippen LogP contribution < -0.4 is 0 Å². The van der Waals surface area contributed by atoms with Crippen molar-refractivity contribution < 1.29 is 15.0 Å². The zero-order chi connectivity index (χ0) is 21.1. The lowest BCUT2D eigenvalue weighted by Crippen LogP contribution is -1.82. The normalized spacial score (nSPS) is 10.5. The van der Waals surface area contributed by atoms with Crippen LogP contribution in [-0.4, -0.2) is 16.2 Å². The minimum absolute atomic E-state index is 0.252. The van der Waals surface area contributed by atoms with E-state index in [0.29, 0.717) is 5.69 Å². The Kier molecular flexibility index (Phi) is 7.95. The summed E-state index contributed by atoms with van der Waals surface area (Å²) in [6.45, 7) is 4.78. The maximum absolute atomic E-state index is 9.50. The number of benzene rings is 3. The largest absolute Gasteiger partial charge is 0.508 e. The van der Waals surface area contributed by atoms with Gasteiger partial charge in [0.2, 0.25) is 0 Å². The van der Waals surface area contributed by atoms with Crippen LogP contribution in [0.5, 0.6) is 5.75 Å². The lowest BCUT2D eigenvalue weighted by molar-refractivity contribution is -0.131. The van der Waals surface area contributed by atoms with Gasteiger partial charge in [-0.2, -0.15) is 20.5 Å². The molecule has 0 radical (unpaired) electrons. The van der Waals surface area contributed by atoms with Gasteiger partial charge in [0.05, 0.1) is 22.7 Å². The van der Waals surface area contributed by atoms with E-state index < -0.39 is 5.97 Å². The number of carboxylic acids is 1. The van der Waals surface area contributed by atoms with E-state index in [9.17, 15) is 9.90 Å². The van der Waals surface area contributed by atoms with E-state index in [1.165, 1.54) is 0 Å². The van der Waals surface area contributed by atoms with Gasteiger partial charge < -0.3 is 10.2 Å². The summed E-state index contributed by atoms with van der Waals surface area (Å²) in [7, 11) is 0. The molecule has 3 aromatic carbocycles. The van der Waals surface area contributed by atoms with E-state index in [0.717, 1.165) is 28.7 Å². The molecule has 7 nitrogen and oxygen atoms in total. The predicted molar refractivity (Wildman–Crippen MR) is 112 cm³/mol. The molecule has 29 heavy (non-hydrogen) atoms. The van der Waals surface area contributed by atoms with Crippen molar-refractivity contribution in [3.05, 3.63) is 91.0 Å². The van der Waals surface area contributed by atoms with E-state index in [2.05, 4.69) is 27.0 Å². The zero-order valence-corrected chi connectivity index (χ0v) is 15.8. The van der Waals surface area contributed by atoms with Gasteiger partial charge in [-0.25, -0.2) is 4.79 Å². The Morgan fingerprint density at radius 2 is 1.21 bits per heavy atom. The molecular weight excluding hydrogens is 368 g/mol. The molecule has 2 N–H and O–H groups in total. The van der Waals surface area contributed by atoms with Crippen LogP contribution in [0.1, 0.15) is 5.56 Å². The molecule has 0 fully saturated rings. The minimum Gasteiger partial charge on any atom is -0.508 e. The highest BCUT2D eigenvalue weighted by Crippen LogP contribution is 2.25. The van der Waals surface area contributed by atoms with Crippen LogP contribution in [0.15, 0.2) is 106 Å². The maximum Gasteiger partial charge on any atom is 0.327 e. The van der Waals surface area contributed by atoms with Crippen molar-refractivity contribution in [3.8, 4) is 5.75 Å². The molecule has 0 aliphatic heterocycles. The molecule has 0 saturated carbocycles. The van der Waals surface area contributed by atoms with Gasteiger partial charge in [-0.1, -0.05) is 24.8 Å². The van der Waals surface area contributed by atoms with Gasteiger partial charge >= 0.3 is 5.97 Å². The van der Waals surface area contributed by atoms with Crippen LogP contribution in [0.25, 0.3) is 0 Å². The van der Waals surface area contributed by atoms with E-state index in [1.54, 1.807) is 18.2 Å². The number of aromatic hydroxyl groups is 1. The summed E-state index contributed by atoms with van der Waals surface area (Å²) in [6, 6.07) is 22.0. The second-order valence-electron chi connectivity index (χ2n) is 5.77. The average molecular weight is 388 g/mol. The average Bonchev–Trinajstić information content (AvgIpc) is 2.75. The number of aliphatic carboxylic acids is 1. The number of nitrogens with zero attached hydrogens (tertiary/aromatic N) is 4. The van der Waals surface area contributed by atoms with Crippen molar-refractivity contribution in [3.63, 3.8) is 0 Å². The third-order valence-corrected chi connectivity index (χ3v) is 3.52. The number of phenols is 1. The van der Waals surface area contributed by atoms with Crippen molar-refractivity contribution in [1.29, 1.82) is 0 Å². The van der Waals surface area contributed by atoms with Crippen LogP contribution in [0.4, 0.5) is 22.7 Å². The van der Waals surface area contributed by atoms with Crippen LogP contribution in [0.3, 0.4) is 0 Å². The van der Waals surface area contributed by atoms with Crippen molar-refractivity contribution in [1.82, 2.24) is 0 Å². The second-order valence-corrected chi connectivity index (χ2v) is 5.77. The van der Waals surface area contributed by atoms with Crippen molar-refractivity contribution in [2.24, 2.45) is 20.5 Å². The number of hydrogen-bond donors (Lipinski definition) is 2. The highest BCUT2D eigenvalue weighted by molar-refractivity contribution is 5.78. The molecule has 0 heterocycles. The number of carboxylic acid groups (broad SMARTS) is 1. The third-order valence-electron chi connectivity index (χ3n) is 3.52. The lowest BCUT2D eigenvalue weighted by Gasteiger charge is -1.99. The fourth-order valence-corrected chi connectivity index (χ4v) is 2.01. The topological polar surface area (TPSA) is 107 Å². The Morgan fingerprint density at radius 1 is 0.793 bits per heavy atom. The van der Waals surface area contributed by atoms with E-state index in [-0.39, 0.29) is 5.75 Å². The van der Waals surface area contributed by atoms with Gasteiger partial charge in [0, 0.05) is 6.08 Å². The van der Waals surface area contributed by atoms with Crippen LogP contribution in [-0.2, 0) is 4.79 Å². The smallest absolute Gasteiger partial charge is 0.327 e. The standard InChI is InChI=1S/C19H16N4O.C3H4O2/c1-14-13-18(11-12-19(14)24)23-22-17-9-7-16(8-10-17)21-20-15-5-3-2-4-6-15;1-2-3(4)5/h2-13,24H,1H3;2H,1H2,(H,4,5). The molecule has 0 spiro atoms. The Labute approximate surface area is 168 Å². The summed E-state index contributed by atoms with van der Waals surface area (Å²) in [6.07, 6.45) is 0.833. The van der Waals surface area contributed by atoms with Gasteiger partial charge in [0.25, 0.3) is 0 Å². The molecule has 146 valence electrons. The molecular formula is C22H20N4O3. The van der Waals surface area contributed by atoms with Gasteiger partial charge in [-0.15, -0.1) is 0 Å². The molecule has 3 aromatic rings. The fourth-order valence-electron chi connectivity index (χ4n) is 2.01. The van der Waals surface area contributed by atoms with Gasteiger partial charge in [-0.05, 0) is 67.1 Å². The summed E-state index contributed by atoms with van der Waals surface area (Å²) in [5.74, 6) is -0.730. The summed E-state index contributed by atoms with van der Waals surface area (Å²) >= 11 is 0. The Balaban J connectivity index is 0.000000537. The monoisotopic (exact) mass is 388 g/mol. The number of aryl methyl sites for hydroxylation is 1. The van der Waals surface area contributed by atoms with Gasteiger partial charge in [0.15, 0.2) is 0 Å². The first kappa shape index (κ1) is 21.2. The number of rotatable bonds is 5. The first-order valence-corrected chi connectivity index (χ1v) is 8.61. The van der Waals surface area contributed by atoms with Crippen LogP contribution >= 0.6 is 0 Å². The first-order valence-electron chi connectivity index (χ1n) is 8.61. The highest BCUT2D eigenvalue weighted by atomic mass is 16.4. The first-order chi connectivity index (χ1) is 14.0. The number of hydrogen-bond acceptors (Lipinski definition) is 6. The Bertz CT molecular complexity index is 1010. The molecule has 0 aromatic heterocycles. The molecule has 0 atom stereocenters. The SMILES string of the molecule is C=CC(=O)O.Cc1cc(N=Nc2ccc(N=Nc3ccccc3)cc2)ccc1O. The number of azo groups is 2. The number of phenolic OH excluding ortho intramolecular Hbond substituents is 1. The van der Waals surface area contributed by atoms with Crippen molar-refractivity contribution in [2.45, 2.75) is 6.92 Å². The summed E-state index contributed by atoms with van der Waals surface area (Å²) < 4.78 is 0. The van der Waals surface area contributed by atoms with E-state index in [1.807, 2.05) is 61.5 Å². The third kappa shape index (κ3) is 7.56. The second kappa shape index (κ2) is 10.9. The summed E-state index contributed by atoms with van der Waals surface area (Å²) in [5.41, 5.74) is 3.74. The molecule has 0 unspecified atom stereocenters. The molecule has 3 rings (SSSR count). The zero-order valence-electron chi connectivity index (χ0n) is 15.8. The fraction of sp³-hybridized carbons (Fsp3) is 0.0455. The van der Waals surface area contributed by atoms with E-state index in [4.69, 9.17) is 5.11 Å².